The Labute approximate surface area is 111 Å². The van der Waals surface area contributed by atoms with Crippen molar-refractivity contribution in [1.82, 2.24) is 4.90 Å². The Kier molecular flexibility index (Phi) is 6.94. The number of ether oxygens (including phenoxy) is 1. The molecule has 0 aromatic heterocycles. The van der Waals surface area contributed by atoms with Crippen molar-refractivity contribution in [2.24, 2.45) is 5.73 Å². The Hall–Kier alpha value is -0.900. The first-order chi connectivity index (χ1) is 8.70. The molecule has 18 heavy (non-hydrogen) atoms. The maximum Gasteiger partial charge on any atom is 0.0590 e. The molecule has 102 valence electrons. The maximum absolute atomic E-state index is 5.78. The summed E-state index contributed by atoms with van der Waals surface area (Å²) in [5, 5.41) is 0. The van der Waals surface area contributed by atoms with Crippen LogP contribution in [0.5, 0.6) is 0 Å². The van der Waals surface area contributed by atoms with Crippen LogP contribution in [0.4, 0.5) is 0 Å². The third-order valence-electron chi connectivity index (χ3n) is 3.24. The number of nitrogens with two attached hydrogens (primary N) is 1. The molecule has 0 aliphatic carbocycles. The summed E-state index contributed by atoms with van der Waals surface area (Å²) < 4.78 is 5.21. The van der Waals surface area contributed by atoms with Crippen LogP contribution in [-0.2, 0) is 4.74 Å². The van der Waals surface area contributed by atoms with Crippen LogP contribution < -0.4 is 5.73 Å². The Balaban J connectivity index is 2.86. The van der Waals surface area contributed by atoms with Crippen LogP contribution in [0.1, 0.15) is 31.9 Å². The van der Waals surface area contributed by atoms with E-state index in [1.54, 1.807) is 7.11 Å². The number of methoxy groups -OCH3 is 1. The largest absolute Gasteiger partial charge is 0.383 e. The van der Waals surface area contributed by atoms with Crippen LogP contribution in [0.25, 0.3) is 0 Å². The lowest BCUT2D eigenvalue weighted by Gasteiger charge is -2.35. The van der Waals surface area contributed by atoms with E-state index in [0.29, 0.717) is 18.6 Å². The van der Waals surface area contributed by atoms with Gasteiger partial charge >= 0.3 is 0 Å². The SMILES string of the molecule is COCCN(C(C)C)C(CCN)c1ccccc1. The quantitative estimate of drug-likeness (QED) is 0.770. The van der Waals surface area contributed by atoms with E-state index in [-0.39, 0.29) is 0 Å². The summed E-state index contributed by atoms with van der Waals surface area (Å²) in [4.78, 5) is 2.46. The fraction of sp³-hybridized carbons (Fsp3) is 0.600. The summed E-state index contributed by atoms with van der Waals surface area (Å²) in [6.45, 7) is 6.85. The molecule has 0 aliphatic heterocycles. The summed E-state index contributed by atoms with van der Waals surface area (Å²) in [7, 11) is 1.75. The van der Waals surface area contributed by atoms with Gasteiger partial charge in [0.1, 0.15) is 0 Å². The van der Waals surface area contributed by atoms with E-state index < -0.39 is 0 Å². The first-order valence-electron chi connectivity index (χ1n) is 6.70. The normalized spacial score (nSPS) is 13.2. The molecule has 3 nitrogen and oxygen atoms in total. The van der Waals surface area contributed by atoms with Crippen molar-refractivity contribution in [2.75, 3.05) is 26.8 Å². The highest BCUT2D eigenvalue weighted by molar-refractivity contribution is 5.19. The van der Waals surface area contributed by atoms with Gasteiger partial charge in [0, 0.05) is 25.7 Å². The first kappa shape index (κ1) is 15.2. The molecule has 1 atom stereocenters. The van der Waals surface area contributed by atoms with Crippen LogP contribution in [0, 0.1) is 0 Å². The molecule has 1 unspecified atom stereocenters. The highest BCUT2D eigenvalue weighted by Gasteiger charge is 2.21. The van der Waals surface area contributed by atoms with E-state index in [9.17, 15) is 0 Å². The molecule has 0 saturated heterocycles. The predicted molar refractivity (Wildman–Crippen MR) is 76.6 cm³/mol. The molecule has 1 aromatic carbocycles. The molecule has 0 aliphatic rings. The molecule has 0 saturated carbocycles. The van der Waals surface area contributed by atoms with Crippen LogP contribution >= 0.6 is 0 Å². The Morgan fingerprint density at radius 3 is 2.39 bits per heavy atom. The Bertz CT molecular complexity index is 314. The van der Waals surface area contributed by atoms with Gasteiger partial charge in [0.2, 0.25) is 0 Å². The fourth-order valence-electron chi connectivity index (χ4n) is 2.33. The summed E-state index contributed by atoms with van der Waals surface area (Å²) >= 11 is 0. The molecular formula is C15H26N2O. The van der Waals surface area contributed by atoms with Gasteiger partial charge in [-0.2, -0.15) is 0 Å². The lowest BCUT2D eigenvalue weighted by molar-refractivity contribution is 0.0923. The average molecular weight is 250 g/mol. The van der Waals surface area contributed by atoms with Crippen molar-refractivity contribution < 1.29 is 4.74 Å². The van der Waals surface area contributed by atoms with Crippen LogP contribution in [0.15, 0.2) is 30.3 Å². The highest BCUT2D eigenvalue weighted by Crippen LogP contribution is 2.25. The summed E-state index contributed by atoms with van der Waals surface area (Å²) in [5.74, 6) is 0. The zero-order valence-electron chi connectivity index (χ0n) is 11.8. The second-order valence-electron chi connectivity index (χ2n) is 4.83. The van der Waals surface area contributed by atoms with Gasteiger partial charge in [-0.05, 0) is 32.4 Å². The molecule has 1 rings (SSSR count). The van der Waals surface area contributed by atoms with Crippen molar-refractivity contribution in [2.45, 2.75) is 32.4 Å². The molecule has 1 aromatic rings. The van der Waals surface area contributed by atoms with E-state index in [2.05, 4.69) is 49.1 Å². The van der Waals surface area contributed by atoms with Crippen molar-refractivity contribution in [3.63, 3.8) is 0 Å². The van der Waals surface area contributed by atoms with Crippen LogP contribution in [-0.4, -0.2) is 37.7 Å². The second kappa shape index (κ2) is 8.25. The summed E-state index contributed by atoms with van der Waals surface area (Å²) in [5.41, 5.74) is 7.12. The van der Waals surface area contributed by atoms with Crippen molar-refractivity contribution in [1.29, 1.82) is 0 Å². The minimum absolute atomic E-state index is 0.381. The van der Waals surface area contributed by atoms with Crippen LogP contribution in [0.2, 0.25) is 0 Å². The van der Waals surface area contributed by atoms with E-state index in [0.717, 1.165) is 19.6 Å². The molecule has 0 fully saturated rings. The zero-order valence-corrected chi connectivity index (χ0v) is 11.8. The molecule has 2 N–H and O–H groups in total. The highest BCUT2D eigenvalue weighted by atomic mass is 16.5. The van der Waals surface area contributed by atoms with Crippen molar-refractivity contribution in [3.8, 4) is 0 Å². The summed E-state index contributed by atoms with van der Waals surface area (Å²) in [6, 6.07) is 11.5. The molecule has 0 heterocycles. The van der Waals surface area contributed by atoms with E-state index >= 15 is 0 Å². The monoisotopic (exact) mass is 250 g/mol. The van der Waals surface area contributed by atoms with Crippen LogP contribution in [0.3, 0.4) is 0 Å². The zero-order chi connectivity index (χ0) is 13.4. The number of nitrogens with zero attached hydrogens (tertiary/aromatic N) is 1. The smallest absolute Gasteiger partial charge is 0.0590 e. The molecule has 0 amide bonds. The predicted octanol–water partition coefficient (Wildman–Crippen LogP) is 2.43. The lowest BCUT2D eigenvalue weighted by atomic mass is 10.0. The topological polar surface area (TPSA) is 38.5 Å². The Morgan fingerprint density at radius 2 is 1.89 bits per heavy atom. The number of hydrogen-bond acceptors (Lipinski definition) is 3. The van der Waals surface area contributed by atoms with Crippen molar-refractivity contribution >= 4 is 0 Å². The molecule has 3 heteroatoms. The maximum atomic E-state index is 5.78. The van der Waals surface area contributed by atoms with Gasteiger partial charge in [-0.15, -0.1) is 0 Å². The standard InChI is InChI=1S/C15H26N2O/c1-13(2)17(11-12-18-3)15(9-10-16)14-7-5-4-6-8-14/h4-8,13,15H,9-12,16H2,1-3H3. The van der Waals surface area contributed by atoms with Gasteiger partial charge in [0.25, 0.3) is 0 Å². The third-order valence-corrected chi connectivity index (χ3v) is 3.24. The third kappa shape index (κ3) is 4.41. The van der Waals surface area contributed by atoms with E-state index in [1.165, 1.54) is 5.56 Å². The number of hydrogen-bond donors (Lipinski definition) is 1. The minimum Gasteiger partial charge on any atom is -0.383 e. The van der Waals surface area contributed by atoms with Gasteiger partial charge in [-0.3, -0.25) is 4.90 Å². The van der Waals surface area contributed by atoms with Gasteiger partial charge in [0.15, 0.2) is 0 Å². The molecule has 0 spiro atoms. The molecular weight excluding hydrogens is 224 g/mol. The average Bonchev–Trinajstić information content (AvgIpc) is 2.38. The van der Waals surface area contributed by atoms with E-state index in [1.807, 2.05) is 0 Å². The second-order valence-corrected chi connectivity index (χ2v) is 4.83. The first-order valence-corrected chi connectivity index (χ1v) is 6.70. The minimum atomic E-state index is 0.381. The fourth-order valence-corrected chi connectivity index (χ4v) is 2.33. The lowest BCUT2D eigenvalue weighted by Crippen LogP contribution is -2.38. The number of rotatable bonds is 8. The molecule has 0 radical (unpaired) electrons. The molecule has 0 bridgehead atoms. The van der Waals surface area contributed by atoms with Gasteiger partial charge in [0.05, 0.1) is 6.61 Å². The van der Waals surface area contributed by atoms with Gasteiger partial charge in [-0.25, -0.2) is 0 Å². The Morgan fingerprint density at radius 1 is 1.22 bits per heavy atom. The van der Waals surface area contributed by atoms with Crippen molar-refractivity contribution in [3.05, 3.63) is 35.9 Å². The van der Waals surface area contributed by atoms with Gasteiger partial charge < -0.3 is 10.5 Å². The summed E-state index contributed by atoms with van der Waals surface area (Å²) in [6.07, 6.45) is 0.978. The van der Waals surface area contributed by atoms with Gasteiger partial charge in [-0.1, -0.05) is 30.3 Å². The van der Waals surface area contributed by atoms with E-state index in [4.69, 9.17) is 10.5 Å². The number of benzene rings is 1.